The second kappa shape index (κ2) is 9.13. The summed E-state index contributed by atoms with van der Waals surface area (Å²) in [6.07, 6.45) is 2.71. The van der Waals surface area contributed by atoms with Gasteiger partial charge in [0.15, 0.2) is 0 Å². The van der Waals surface area contributed by atoms with E-state index in [9.17, 15) is 19.2 Å². The molecule has 0 spiro atoms. The zero-order valence-electron chi connectivity index (χ0n) is 18.6. The molecule has 0 aliphatic carbocycles. The molecule has 2 N–H and O–H groups in total. The Morgan fingerprint density at radius 1 is 0.931 bits per heavy atom. The number of likely N-dealkylation sites (tertiary alicyclic amines) is 2. The van der Waals surface area contributed by atoms with Gasteiger partial charge in [-0.25, -0.2) is 0 Å². The highest BCUT2D eigenvalue weighted by atomic mass is 16.2. The highest BCUT2D eigenvalue weighted by molar-refractivity contribution is 5.95. The Balaban J connectivity index is 2.13. The molecule has 164 valence electrons. The minimum atomic E-state index is -0.643. The third-order valence-corrected chi connectivity index (χ3v) is 5.77. The van der Waals surface area contributed by atoms with Gasteiger partial charge < -0.3 is 20.4 Å². The minimum Gasteiger partial charge on any atom is -0.357 e. The van der Waals surface area contributed by atoms with E-state index in [1.54, 1.807) is 9.80 Å². The SMILES string of the molecule is CNC(=O)[C@H](NC(=O)[C@@H]1CCCN1C(=O)[C@H]1CCCN1C(=O)C(C)(C)C)C(C)C. The molecule has 0 saturated carbocycles. The Kier molecular flexibility index (Phi) is 7.30. The van der Waals surface area contributed by atoms with E-state index in [0.29, 0.717) is 25.9 Å². The van der Waals surface area contributed by atoms with Crippen LogP contribution < -0.4 is 10.6 Å². The maximum Gasteiger partial charge on any atom is 0.246 e. The van der Waals surface area contributed by atoms with Crippen molar-refractivity contribution in [3.63, 3.8) is 0 Å². The standard InChI is InChI=1S/C21H36N4O4/c1-13(2)16(18(27)22-6)23-17(26)14-9-7-11-24(14)19(28)15-10-8-12-25(15)20(29)21(3,4)5/h13-16H,7-12H2,1-6H3,(H,22,27)(H,23,26)/t14-,15+,16+/m0/s1. The van der Waals surface area contributed by atoms with Crippen LogP contribution in [0, 0.1) is 11.3 Å². The van der Waals surface area contributed by atoms with Gasteiger partial charge in [0.05, 0.1) is 0 Å². The lowest BCUT2D eigenvalue weighted by molar-refractivity contribution is -0.150. The van der Waals surface area contributed by atoms with Crippen LogP contribution in [-0.2, 0) is 19.2 Å². The molecule has 0 aromatic rings. The Morgan fingerprint density at radius 2 is 1.48 bits per heavy atom. The molecular weight excluding hydrogens is 372 g/mol. The van der Waals surface area contributed by atoms with Crippen LogP contribution in [0.5, 0.6) is 0 Å². The van der Waals surface area contributed by atoms with Crippen molar-refractivity contribution in [2.75, 3.05) is 20.1 Å². The second-order valence-electron chi connectivity index (χ2n) is 9.44. The molecule has 0 radical (unpaired) electrons. The number of likely N-dealkylation sites (N-methyl/N-ethyl adjacent to an activating group) is 1. The lowest BCUT2D eigenvalue weighted by Crippen LogP contribution is -2.57. The molecule has 8 heteroatoms. The van der Waals surface area contributed by atoms with E-state index in [4.69, 9.17) is 0 Å². The quantitative estimate of drug-likeness (QED) is 0.706. The minimum absolute atomic E-state index is 0.0342. The molecule has 2 heterocycles. The van der Waals surface area contributed by atoms with E-state index in [0.717, 1.165) is 12.8 Å². The average molecular weight is 409 g/mol. The normalized spacial score (nSPS) is 23.3. The number of carbonyl (C=O) groups excluding carboxylic acids is 4. The largest absolute Gasteiger partial charge is 0.357 e. The van der Waals surface area contributed by atoms with Crippen molar-refractivity contribution in [2.24, 2.45) is 11.3 Å². The molecule has 2 aliphatic heterocycles. The van der Waals surface area contributed by atoms with Gasteiger partial charge in [-0.1, -0.05) is 34.6 Å². The van der Waals surface area contributed by atoms with E-state index < -0.39 is 23.5 Å². The lowest BCUT2D eigenvalue weighted by Gasteiger charge is -2.34. The predicted octanol–water partition coefficient (Wildman–Crippen LogP) is 0.901. The summed E-state index contributed by atoms with van der Waals surface area (Å²) in [5.41, 5.74) is -0.553. The predicted molar refractivity (Wildman–Crippen MR) is 110 cm³/mol. The number of carbonyl (C=O) groups is 4. The highest BCUT2D eigenvalue weighted by Crippen LogP contribution is 2.29. The molecule has 0 aromatic carbocycles. The van der Waals surface area contributed by atoms with Crippen LogP contribution in [0.3, 0.4) is 0 Å². The van der Waals surface area contributed by atoms with Gasteiger partial charge in [0, 0.05) is 25.6 Å². The van der Waals surface area contributed by atoms with Crippen LogP contribution in [0.1, 0.15) is 60.3 Å². The summed E-state index contributed by atoms with van der Waals surface area (Å²) in [4.78, 5) is 54.4. The van der Waals surface area contributed by atoms with Crippen molar-refractivity contribution in [1.29, 1.82) is 0 Å². The van der Waals surface area contributed by atoms with Crippen LogP contribution in [0.4, 0.5) is 0 Å². The van der Waals surface area contributed by atoms with Gasteiger partial charge in [-0.2, -0.15) is 0 Å². The molecule has 0 unspecified atom stereocenters. The summed E-state index contributed by atoms with van der Waals surface area (Å²) in [6, 6.07) is -1.74. The third-order valence-electron chi connectivity index (χ3n) is 5.77. The Bertz CT molecular complexity index is 656. The molecule has 0 bridgehead atoms. The van der Waals surface area contributed by atoms with E-state index >= 15 is 0 Å². The summed E-state index contributed by atoms with van der Waals surface area (Å²) in [5, 5.41) is 5.39. The molecule has 4 amide bonds. The topological polar surface area (TPSA) is 98.8 Å². The van der Waals surface area contributed by atoms with Crippen LogP contribution in [-0.4, -0.2) is 71.7 Å². The van der Waals surface area contributed by atoms with Crippen LogP contribution in [0.15, 0.2) is 0 Å². The first-order valence-electron chi connectivity index (χ1n) is 10.6. The van der Waals surface area contributed by atoms with Crippen molar-refractivity contribution in [2.45, 2.75) is 78.4 Å². The Morgan fingerprint density at radius 3 is 2.00 bits per heavy atom. The fraction of sp³-hybridized carbons (Fsp3) is 0.810. The van der Waals surface area contributed by atoms with Gasteiger partial charge in [-0.15, -0.1) is 0 Å². The molecule has 29 heavy (non-hydrogen) atoms. The first-order valence-corrected chi connectivity index (χ1v) is 10.6. The zero-order chi connectivity index (χ0) is 21.9. The first-order chi connectivity index (χ1) is 13.5. The number of hydrogen-bond acceptors (Lipinski definition) is 4. The van der Waals surface area contributed by atoms with E-state index in [1.165, 1.54) is 7.05 Å². The zero-order valence-corrected chi connectivity index (χ0v) is 18.6. The fourth-order valence-electron chi connectivity index (χ4n) is 4.13. The fourth-order valence-corrected chi connectivity index (χ4v) is 4.13. The number of rotatable bonds is 5. The van der Waals surface area contributed by atoms with Crippen LogP contribution in [0.25, 0.3) is 0 Å². The second-order valence-corrected chi connectivity index (χ2v) is 9.44. The Hall–Kier alpha value is -2.12. The van der Waals surface area contributed by atoms with Gasteiger partial charge in [-0.05, 0) is 31.6 Å². The summed E-state index contributed by atoms with van der Waals surface area (Å²) in [5.74, 6) is -0.808. The van der Waals surface area contributed by atoms with Gasteiger partial charge in [0.1, 0.15) is 18.1 Å². The van der Waals surface area contributed by atoms with Gasteiger partial charge in [0.25, 0.3) is 0 Å². The summed E-state index contributed by atoms with van der Waals surface area (Å²) < 4.78 is 0. The Labute approximate surface area is 173 Å². The summed E-state index contributed by atoms with van der Waals surface area (Å²) in [7, 11) is 1.54. The van der Waals surface area contributed by atoms with Crippen LogP contribution >= 0.6 is 0 Å². The summed E-state index contributed by atoms with van der Waals surface area (Å²) in [6.45, 7) is 10.4. The third kappa shape index (κ3) is 5.08. The average Bonchev–Trinajstić information content (AvgIpc) is 3.32. The van der Waals surface area contributed by atoms with Gasteiger partial charge in [-0.3, -0.25) is 19.2 Å². The van der Waals surface area contributed by atoms with Gasteiger partial charge >= 0.3 is 0 Å². The molecule has 2 saturated heterocycles. The van der Waals surface area contributed by atoms with Crippen molar-refractivity contribution in [3.05, 3.63) is 0 Å². The van der Waals surface area contributed by atoms with Crippen molar-refractivity contribution in [1.82, 2.24) is 20.4 Å². The number of nitrogens with one attached hydrogen (secondary N) is 2. The van der Waals surface area contributed by atoms with E-state index in [-0.39, 0.29) is 29.5 Å². The van der Waals surface area contributed by atoms with Gasteiger partial charge in [0.2, 0.25) is 23.6 Å². The smallest absolute Gasteiger partial charge is 0.246 e. The molecule has 8 nitrogen and oxygen atoms in total. The molecule has 0 aromatic heterocycles. The van der Waals surface area contributed by atoms with Crippen LogP contribution in [0.2, 0.25) is 0 Å². The van der Waals surface area contributed by atoms with Crippen molar-refractivity contribution >= 4 is 23.6 Å². The van der Waals surface area contributed by atoms with E-state index in [2.05, 4.69) is 10.6 Å². The first kappa shape index (κ1) is 23.2. The number of amides is 4. The highest BCUT2D eigenvalue weighted by Gasteiger charge is 2.44. The number of hydrogen-bond donors (Lipinski definition) is 2. The molecule has 2 rings (SSSR count). The maximum absolute atomic E-state index is 13.3. The van der Waals surface area contributed by atoms with E-state index in [1.807, 2.05) is 34.6 Å². The lowest BCUT2D eigenvalue weighted by atomic mass is 9.94. The summed E-state index contributed by atoms with van der Waals surface area (Å²) >= 11 is 0. The van der Waals surface area contributed by atoms with Crippen molar-refractivity contribution in [3.8, 4) is 0 Å². The number of nitrogens with zero attached hydrogens (tertiary/aromatic N) is 2. The maximum atomic E-state index is 13.3. The molecular formula is C21H36N4O4. The van der Waals surface area contributed by atoms with Crippen molar-refractivity contribution < 1.29 is 19.2 Å². The molecule has 2 fully saturated rings. The monoisotopic (exact) mass is 408 g/mol. The molecule has 2 aliphatic rings. The molecule has 3 atom stereocenters.